The average Bonchev–Trinajstić information content (AvgIpc) is 2.13. The Kier molecular flexibility index (Phi) is 4.00. The molecule has 1 aromatic rings. The standard InChI is InChI=1S/C9H6F3IO3/c10-9(11,12)4-16-7-3-5(13)1-2-6(7)8(14)15/h1-3H,4H2,(H,14,15). The fraction of sp³-hybridized carbons (Fsp3) is 0.222. The number of aromatic carboxylic acids is 1. The number of carboxylic acids is 1. The summed E-state index contributed by atoms with van der Waals surface area (Å²) in [5, 5.41) is 8.72. The minimum atomic E-state index is -4.49. The Bertz CT molecular complexity index is 403. The summed E-state index contributed by atoms with van der Waals surface area (Å²) in [5.41, 5.74) is -0.287. The lowest BCUT2D eigenvalue weighted by atomic mass is 10.2. The van der Waals surface area contributed by atoms with Gasteiger partial charge in [0.25, 0.3) is 0 Å². The van der Waals surface area contributed by atoms with Crippen molar-refractivity contribution in [2.24, 2.45) is 0 Å². The fourth-order valence-corrected chi connectivity index (χ4v) is 1.41. The molecular weight excluding hydrogens is 340 g/mol. The van der Waals surface area contributed by atoms with Crippen LogP contribution in [0.4, 0.5) is 13.2 Å². The molecule has 0 fully saturated rings. The number of hydrogen-bond donors (Lipinski definition) is 1. The van der Waals surface area contributed by atoms with Gasteiger partial charge in [-0.05, 0) is 40.8 Å². The van der Waals surface area contributed by atoms with E-state index in [2.05, 4.69) is 4.74 Å². The number of benzene rings is 1. The molecular formula is C9H6F3IO3. The summed E-state index contributed by atoms with van der Waals surface area (Å²) in [6.07, 6.45) is -4.49. The Hall–Kier alpha value is -0.990. The van der Waals surface area contributed by atoms with Crippen molar-refractivity contribution >= 4 is 28.6 Å². The molecule has 0 aliphatic carbocycles. The van der Waals surface area contributed by atoms with Gasteiger partial charge < -0.3 is 9.84 Å². The molecule has 0 amide bonds. The fourth-order valence-electron chi connectivity index (χ4n) is 0.952. The smallest absolute Gasteiger partial charge is 0.422 e. The van der Waals surface area contributed by atoms with Gasteiger partial charge >= 0.3 is 12.1 Å². The van der Waals surface area contributed by atoms with Crippen LogP contribution in [0.2, 0.25) is 0 Å². The highest BCUT2D eigenvalue weighted by molar-refractivity contribution is 14.1. The maximum Gasteiger partial charge on any atom is 0.422 e. The molecule has 88 valence electrons. The lowest BCUT2D eigenvalue weighted by Crippen LogP contribution is -2.20. The highest BCUT2D eigenvalue weighted by Crippen LogP contribution is 2.24. The molecule has 0 radical (unpaired) electrons. The van der Waals surface area contributed by atoms with E-state index in [1.165, 1.54) is 18.2 Å². The number of ether oxygens (including phenoxy) is 1. The normalized spacial score (nSPS) is 11.2. The Morgan fingerprint density at radius 3 is 2.56 bits per heavy atom. The molecule has 0 saturated heterocycles. The summed E-state index contributed by atoms with van der Waals surface area (Å²) in [6.45, 7) is -1.51. The van der Waals surface area contributed by atoms with Gasteiger partial charge in [0.15, 0.2) is 6.61 Å². The quantitative estimate of drug-likeness (QED) is 0.857. The van der Waals surface area contributed by atoms with Crippen molar-refractivity contribution in [3.8, 4) is 5.75 Å². The highest BCUT2D eigenvalue weighted by Gasteiger charge is 2.29. The summed E-state index contributed by atoms with van der Waals surface area (Å²) in [6, 6.07) is 3.93. The lowest BCUT2D eigenvalue weighted by molar-refractivity contribution is -0.153. The first kappa shape index (κ1) is 13.1. The van der Waals surface area contributed by atoms with Crippen LogP contribution >= 0.6 is 22.6 Å². The van der Waals surface area contributed by atoms with Crippen LogP contribution in [0.5, 0.6) is 5.75 Å². The van der Waals surface area contributed by atoms with Crippen LogP contribution in [0.15, 0.2) is 18.2 Å². The zero-order valence-electron chi connectivity index (χ0n) is 7.71. The maximum atomic E-state index is 11.9. The van der Waals surface area contributed by atoms with E-state index >= 15 is 0 Å². The Labute approximate surface area is 102 Å². The van der Waals surface area contributed by atoms with Crippen molar-refractivity contribution in [1.82, 2.24) is 0 Å². The molecule has 0 aromatic heterocycles. The molecule has 1 aromatic carbocycles. The third-order valence-corrected chi connectivity index (χ3v) is 2.24. The SMILES string of the molecule is O=C(O)c1ccc(I)cc1OCC(F)(F)F. The minimum absolute atomic E-state index is 0.281. The van der Waals surface area contributed by atoms with Gasteiger partial charge in [-0.2, -0.15) is 13.2 Å². The highest BCUT2D eigenvalue weighted by atomic mass is 127. The Balaban J connectivity index is 2.93. The van der Waals surface area contributed by atoms with Gasteiger partial charge in [-0.15, -0.1) is 0 Å². The van der Waals surface area contributed by atoms with Crippen LogP contribution in [0.25, 0.3) is 0 Å². The van der Waals surface area contributed by atoms with Crippen LogP contribution in [0.1, 0.15) is 10.4 Å². The number of halogens is 4. The van der Waals surface area contributed by atoms with Gasteiger partial charge in [0.05, 0.1) is 0 Å². The molecule has 0 atom stereocenters. The first-order valence-corrected chi connectivity index (χ1v) is 5.10. The van der Waals surface area contributed by atoms with Gasteiger partial charge in [0.1, 0.15) is 11.3 Å². The molecule has 7 heteroatoms. The number of carboxylic acid groups (broad SMARTS) is 1. The van der Waals surface area contributed by atoms with E-state index in [0.29, 0.717) is 3.57 Å². The third-order valence-electron chi connectivity index (χ3n) is 1.57. The zero-order valence-corrected chi connectivity index (χ0v) is 9.87. The predicted molar refractivity (Wildman–Crippen MR) is 57.7 cm³/mol. The molecule has 16 heavy (non-hydrogen) atoms. The van der Waals surface area contributed by atoms with Crippen molar-refractivity contribution in [3.05, 3.63) is 27.3 Å². The maximum absolute atomic E-state index is 11.9. The van der Waals surface area contributed by atoms with E-state index in [4.69, 9.17) is 5.11 Å². The summed E-state index contributed by atoms with van der Waals surface area (Å²) >= 11 is 1.85. The van der Waals surface area contributed by atoms with E-state index in [1.807, 2.05) is 22.6 Å². The van der Waals surface area contributed by atoms with E-state index < -0.39 is 18.8 Å². The molecule has 1 N–H and O–H groups in total. The van der Waals surface area contributed by atoms with Crippen molar-refractivity contribution < 1.29 is 27.8 Å². The Morgan fingerprint density at radius 2 is 2.06 bits per heavy atom. The molecule has 0 aliphatic rings. The second-order valence-corrected chi connectivity index (χ2v) is 4.10. The molecule has 0 saturated carbocycles. The molecule has 0 bridgehead atoms. The first-order chi connectivity index (χ1) is 7.29. The summed E-state index contributed by atoms with van der Waals surface area (Å²) in [4.78, 5) is 10.7. The van der Waals surface area contributed by atoms with Crippen molar-refractivity contribution in [1.29, 1.82) is 0 Å². The molecule has 0 aliphatic heterocycles. The number of carbonyl (C=O) groups is 1. The van der Waals surface area contributed by atoms with Crippen LogP contribution in [0, 0.1) is 3.57 Å². The van der Waals surface area contributed by atoms with Crippen LogP contribution in [-0.4, -0.2) is 23.9 Å². The van der Waals surface area contributed by atoms with Crippen molar-refractivity contribution in [3.63, 3.8) is 0 Å². The molecule has 0 spiro atoms. The number of alkyl halides is 3. The van der Waals surface area contributed by atoms with Crippen LogP contribution in [-0.2, 0) is 0 Å². The molecule has 1 rings (SSSR count). The summed E-state index contributed by atoms with van der Waals surface area (Å²) in [5.74, 6) is -1.61. The largest absolute Gasteiger partial charge is 0.483 e. The minimum Gasteiger partial charge on any atom is -0.483 e. The van der Waals surface area contributed by atoms with Gasteiger partial charge in [0.2, 0.25) is 0 Å². The van der Waals surface area contributed by atoms with Gasteiger partial charge in [0, 0.05) is 3.57 Å². The van der Waals surface area contributed by atoms with Crippen LogP contribution < -0.4 is 4.74 Å². The lowest BCUT2D eigenvalue weighted by Gasteiger charge is -2.11. The Morgan fingerprint density at radius 1 is 1.44 bits per heavy atom. The number of hydrogen-bond acceptors (Lipinski definition) is 2. The van der Waals surface area contributed by atoms with Crippen LogP contribution in [0.3, 0.4) is 0 Å². The summed E-state index contributed by atoms with van der Waals surface area (Å²) in [7, 11) is 0. The third kappa shape index (κ3) is 3.87. The topological polar surface area (TPSA) is 46.5 Å². The number of rotatable bonds is 3. The second-order valence-electron chi connectivity index (χ2n) is 2.85. The molecule has 3 nitrogen and oxygen atoms in total. The van der Waals surface area contributed by atoms with E-state index in [-0.39, 0.29) is 11.3 Å². The predicted octanol–water partition coefficient (Wildman–Crippen LogP) is 2.93. The van der Waals surface area contributed by atoms with Gasteiger partial charge in [-0.25, -0.2) is 4.79 Å². The monoisotopic (exact) mass is 346 g/mol. The van der Waals surface area contributed by atoms with E-state index in [1.54, 1.807) is 0 Å². The molecule has 0 heterocycles. The summed E-state index contributed by atoms with van der Waals surface area (Å²) < 4.78 is 40.7. The van der Waals surface area contributed by atoms with E-state index in [9.17, 15) is 18.0 Å². The van der Waals surface area contributed by atoms with Gasteiger partial charge in [-0.3, -0.25) is 0 Å². The van der Waals surface area contributed by atoms with Gasteiger partial charge in [-0.1, -0.05) is 0 Å². The van der Waals surface area contributed by atoms with Crippen molar-refractivity contribution in [2.75, 3.05) is 6.61 Å². The molecule has 0 unspecified atom stereocenters. The first-order valence-electron chi connectivity index (χ1n) is 4.02. The van der Waals surface area contributed by atoms with Crippen molar-refractivity contribution in [2.45, 2.75) is 6.18 Å². The van der Waals surface area contributed by atoms with E-state index in [0.717, 1.165) is 0 Å². The zero-order chi connectivity index (χ0) is 12.3. The average molecular weight is 346 g/mol. The second kappa shape index (κ2) is 4.89.